The molecule has 0 radical (unpaired) electrons. The molecule has 2 aromatic carbocycles. The van der Waals surface area contributed by atoms with Crippen LogP contribution in [0.4, 0.5) is 11.4 Å². The van der Waals surface area contributed by atoms with Crippen LogP contribution in [0.5, 0.6) is 5.75 Å². The van der Waals surface area contributed by atoms with Gasteiger partial charge in [-0.3, -0.25) is 0 Å². The molecule has 39 heavy (non-hydrogen) atoms. The number of nitro benzene ring substituents is 1. The fourth-order valence-electron chi connectivity index (χ4n) is 5.90. The van der Waals surface area contributed by atoms with Gasteiger partial charge in [-0.1, -0.05) is 72.1 Å². The largest absolute Gasteiger partial charge is 0.517 e. The molecule has 7 heteroatoms. The number of para-hydroxylation sites is 1. The van der Waals surface area contributed by atoms with Gasteiger partial charge in [0.15, 0.2) is 0 Å². The molecule has 0 unspecified atom stereocenters. The Morgan fingerprint density at radius 3 is 2.21 bits per heavy atom. The molecule has 2 saturated heterocycles. The van der Waals surface area contributed by atoms with E-state index in [0.29, 0.717) is 28.6 Å². The Labute approximate surface area is 247 Å². The summed E-state index contributed by atoms with van der Waals surface area (Å²) in [6.07, 6.45) is 3.99. The zero-order chi connectivity index (χ0) is 29.1. The number of piperidine rings is 2. The Kier molecular flexibility index (Phi) is 10.4. The number of nitro groups is 1. The summed E-state index contributed by atoms with van der Waals surface area (Å²) < 4.78 is 7.31. The SMILES string of the molecule is CC(C)Oc1ccc([N+](=O)[O-])cc1[CH]=[Ru][Cl].CC(C)c1cccc(C(C)C)c1N1[CH-][C@]2(C)CC[C@@]1(C)C[C@@H]2C. The van der Waals surface area contributed by atoms with E-state index in [2.05, 4.69) is 78.1 Å². The summed E-state index contributed by atoms with van der Waals surface area (Å²) >= 11 is -0.440. The van der Waals surface area contributed by atoms with Crippen molar-refractivity contribution < 1.29 is 25.3 Å². The van der Waals surface area contributed by atoms with Crippen LogP contribution in [-0.4, -0.2) is 21.2 Å². The molecule has 3 fully saturated rings. The third kappa shape index (κ3) is 7.11. The van der Waals surface area contributed by atoms with Crippen molar-refractivity contribution in [3.05, 3.63) is 69.7 Å². The van der Waals surface area contributed by atoms with E-state index < -0.39 is 20.6 Å². The number of non-ortho nitro benzene ring substituents is 1. The van der Waals surface area contributed by atoms with E-state index in [1.807, 2.05) is 13.8 Å². The van der Waals surface area contributed by atoms with Crippen LogP contribution in [-0.2, 0) is 15.7 Å². The van der Waals surface area contributed by atoms with Crippen molar-refractivity contribution in [1.29, 1.82) is 0 Å². The first-order valence-corrected chi connectivity index (χ1v) is 17.2. The third-order valence-electron chi connectivity index (χ3n) is 8.38. The molecule has 217 valence electrons. The van der Waals surface area contributed by atoms with Crippen LogP contribution >= 0.6 is 9.69 Å². The average Bonchev–Trinajstić information content (AvgIpc) is 2.85. The second-order valence-electron chi connectivity index (χ2n) is 12.5. The van der Waals surface area contributed by atoms with Gasteiger partial charge in [0, 0.05) is 11.2 Å². The Hall–Kier alpha value is -1.78. The Bertz CT molecular complexity index is 1170. The molecule has 1 saturated carbocycles. The van der Waals surface area contributed by atoms with E-state index in [1.165, 1.54) is 48.2 Å². The molecule has 5 rings (SSSR count). The first-order chi connectivity index (χ1) is 18.2. The van der Waals surface area contributed by atoms with Crippen LogP contribution in [0.2, 0.25) is 0 Å². The van der Waals surface area contributed by atoms with Crippen LogP contribution in [0.1, 0.15) is 110 Å². The van der Waals surface area contributed by atoms with Crippen molar-refractivity contribution in [2.45, 2.75) is 105 Å². The summed E-state index contributed by atoms with van der Waals surface area (Å²) in [6.45, 7) is 23.1. The molecule has 0 amide bonds. The van der Waals surface area contributed by atoms with E-state index in [0.717, 1.165) is 5.92 Å². The molecule has 3 aliphatic rings. The summed E-state index contributed by atoms with van der Waals surface area (Å²) in [7, 11) is 5.69. The van der Waals surface area contributed by atoms with Gasteiger partial charge in [-0.2, -0.15) is 0 Å². The molecule has 3 atom stereocenters. The average molecular weight is 642 g/mol. The van der Waals surface area contributed by atoms with E-state index in [9.17, 15) is 10.1 Å². The fourth-order valence-corrected chi connectivity index (χ4v) is 6.99. The van der Waals surface area contributed by atoms with Gasteiger partial charge in [-0.25, -0.2) is 6.54 Å². The molecule has 2 heterocycles. The maximum absolute atomic E-state index is 10.6. The van der Waals surface area contributed by atoms with Crippen LogP contribution in [0.25, 0.3) is 0 Å². The minimum atomic E-state index is -0.440. The number of ether oxygens (including phenoxy) is 1. The maximum atomic E-state index is 10.6. The van der Waals surface area contributed by atoms with Crippen molar-refractivity contribution in [3.63, 3.8) is 0 Å². The van der Waals surface area contributed by atoms with E-state index in [-0.39, 0.29) is 17.3 Å². The zero-order valence-electron chi connectivity index (χ0n) is 24.9. The number of rotatable bonds is 7. The smallest absolute Gasteiger partial charge is 0.0145 e. The number of hydrogen-bond donors (Lipinski definition) is 0. The normalized spacial score (nSPS) is 24.6. The van der Waals surface area contributed by atoms with Gasteiger partial charge in [0.1, 0.15) is 0 Å². The first-order valence-electron chi connectivity index (χ1n) is 14.0. The number of hydrogen-bond acceptors (Lipinski definition) is 4. The molecule has 2 aromatic rings. The van der Waals surface area contributed by atoms with Crippen molar-refractivity contribution in [1.82, 2.24) is 0 Å². The quantitative estimate of drug-likeness (QED) is 0.131. The van der Waals surface area contributed by atoms with Gasteiger partial charge >= 0.3 is 105 Å². The van der Waals surface area contributed by atoms with Gasteiger partial charge in [-0.15, -0.1) is 5.41 Å². The molecule has 5 nitrogen and oxygen atoms in total. The van der Waals surface area contributed by atoms with Crippen LogP contribution in [0.15, 0.2) is 36.4 Å². The fraction of sp³-hybridized carbons (Fsp3) is 0.562. The molecular weight excluding hydrogens is 597 g/mol. The van der Waals surface area contributed by atoms with E-state index >= 15 is 0 Å². The third-order valence-corrected chi connectivity index (χ3v) is 9.56. The number of fused-ring (bicyclic) bond motifs is 3. The molecule has 2 aliphatic heterocycles. The monoisotopic (exact) mass is 642 g/mol. The van der Waals surface area contributed by atoms with Crippen LogP contribution in [0.3, 0.4) is 0 Å². The van der Waals surface area contributed by atoms with Crippen molar-refractivity contribution >= 4 is 25.7 Å². The van der Waals surface area contributed by atoms with Crippen molar-refractivity contribution in [3.8, 4) is 5.75 Å². The number of halogens is 1. The van der Waals surface area contributed by atoms with Crippen LogP contribution < -0.4 is 9.64 Å². The first kappa shape index (κ1) is 31.7. The Morgan fingerprint density at radius 1 is 1.10 bits per heavy atom. The van der Waals surface area contributed by atoms with E-state index in [1.54, 1.807) is 10.7 Å². The molecule has 2 bridgehead atoms. The molecule has 0 N–H and O–H groups in total. The predicted molar refractivity (Wildman–Crippen MR) is 161 cm³/mol. The molecule has 0 spiro atoms. The van der Waals surface area contributed by atoms with Crippen LogP contribution in [0, 0.1) is 28.0 Å². The van der Waals surface area contributed by atoms with Crippen molar-refractivity contribution in [2.24, 2.45) is 11.3 Å². The van der Waals surface area contributed by atoms with Gasteiger partial charge in [-0.05, 0) is 42.7 Å². The maximum Gasteiger partial charge on any atom is 0.0145 e. The minimum absolute atomic E-state index is 0.0275. The topological polar surface area (TPSA) is 55.6 Å². The van der Waals surface area contributed by atoms with E-state index in [4.69, 9.17) is 14.4 Å². The van der Waals surface area contributed by atoms with Crippen molar-refractivity contribution in [2.75, 3.05) is 4.90 Å². The summed E-state index contributed by atoms with van der Waals surface area (Å²) in [5, 5.41) is 10.6. The summed E-state index contributed by atoms with van der Waals surface area (Å²) in [5.74, 6) is 2.54. The summed E-state index contributed by atoms with van der Waals surface area (Å²) in [5.41, 5.74) is 5.92. The van der Waals surface area contributed by atoms with Gasteiger partial charge in [0.2, 0.25) is 0 Å². The van der Waals surface area contributed by atoms with Gasteiger partial charge in [0.25, 0.3) is 0 Å². The summed E-state index contributed by atoms with van der Waals surface area (Å²) in [4.78, 5) is 12.9. The number of nitrogens with zero attached hydrogens (tertiary/aromatic N) is 2. The second-order valence-corrected chi connectivity index (χ2v) is 14.3. The molecule has 1 aliphatic carbocycles. The number of anilines is 1. The summed E-state index contributed by atoms with van der Waals surface area (Å²) in [6, 6.07) is 11.5. The second kappa shape index (κ2) is 12.8. The molecule has 0 aromatic heterocycles. The van der Waals surface area contributed by atoms with Gasteiger partial charge in [0.05, 0.1) is 0 Å². The predicted octanol–water partition coefficient (Wildman–Crippen LogP) is 9.27. The number of benzene rings is 2. The Balaban J connectivity index is 0.000000231. The zero-order valence-corrected chi connectivity index (χ0v) is 27.4. The standard InChI is InChI=1S/C22H34N.C10H11NO3.ClH.Ru/c1-15(2)18-9-8-10-19(16(3)4)20(18)23-14-21(6)11-12-22(23,7)13-17(21)5;1-7(2)14-10-5-4-9(11(12)13)6-8(10)3;;/h8-10,14-17H,11-13H2,1-7H3;3-7H,1-2H3;1H;/q-1;;;+1/p-1/t17-,21-,22-;;;/m0.../s1. The molecular formula is C32H45ClN2O3Ru-. The van der Waals surface area contributed by atoms with Gasteiger partial charge < -0.3 is 4.90 Å². The Morgan fingerprint density at radius 2 is 1.72 bits per heavy atom. The minimum Gasteiger partial charge on any atom is -0.517 e.